The Balaban J connectivity index is 2.14. The van der Waals surface area contributed by atoms with Crippen LogP contribution in [0.1, 0.15) is 24.0 Å². The number of hydrogen-bond acceptors (Lipinski definition) is 1. The predicted octanol–water partition coefficient (Wildman–Crippen LogP) is 2.27. The van der Waals surface area contributed by atoms with Gasteiger partial charge in [-0.05, 0) is 36.3 Å². The summed E-state index contributed by atoms with van der Waals surface area (Å²) in [5.41, 5.74) is 2.20. The van der Waals surface area contributed by atoms with Crippen molar-refractivity contribution in [2.75, 3.05) is 0 Å². The van der Waals surface area contributed by atoms with Gasteiger partial charge < -0.3 is 5.11 Å². The molecule has 74 valence electrons. The standard InChI is InChI=1S/C12H14O2/c13-12(14)8-11-4-2-1-3-10(11)7-9-5-6-9/h1-4,9H,5-8H2,(H,13,14). The maximum atomic E-state index is 10.6. The Morgan fingerprint density at radius 3 is 2.50 bits per heavy atom. The number of carboxylic acid groups (broad SMARTS) is 1. The topological polar surface area (TPSA) is 37.3 Å². The van der Waals surface area contributed by atoms with E-state index in [9.17, 15) is 4.79 Å². The molecule has 0 unspecified atom stereocenters. The number of hydrogen-bond donors (Lipinski definition) is 1. The van der Waals surface area contributed by atoms with Crippen LogP contribution in [0.2, 0.25) is 0 Å². The molecule has 1 aromatic rings. The van der Waals surface area contributed by atoms with Crippen molar-refractivity contribution in [3.63, 3.8) is 0 Å². The molecule has 0 spiro atoms. The van der Waals surface area contributed by atoms with E-state index in [0.717, 1.165) is 17.9 Å². The van der Waals surface area contributed by atoms with Crippen molar-refractivity contribution in [2.45, 2.75) is 25.7 Å². The minimum Gasteiger partial charge on any atom is -0.481 e. The maximum Gasteiger partial charge on any atom is 0.307 e. The number of aliphatic carboxylic acids is 1. The van der Waals surface area contributed by atoms with Crippen LogP contribution in [-0.2, 0) is 17.6 Å². The van der Waals surface area contributed by atoms with Crippen molar-refractivity contribution in [1.29, 1.82) is 0 Å². The average Bonchev–Trinajstić information content (AvgIpc) is 2.91. The van der Waals surface area contributed by atoms with Gasteiger partial charge in [-0.3, -0.25) is 4.79 Å². The van der Waals surface area contributed by atoms with Gasteiger partial charge in [-0.25, -0.2) is 0 Å². The summed E-state index contributed by atoms with van der Waals surface area (Å²) in [5.74, 6) is 0.0678. The lowest BCUT2D eigenvalue weighted by Gasteiger charge is -2.06. The van der Waals surface area contributed by atoms with Crippen molar-refractivity contribution in [2.24, 2.45) is 5.92 Å². The van der Waals surface area contributed by atoms with Gasteiger partial charge in [0.25, 0.3) is 0 Å². The van der Waals surface area contributed by atoms with Crippen LogP contribution in [0.5, 0.6) is 0 Å². The Kier molecular flexibility index (Phi) is 2.53. The fraction of sp³-hybridized carbons (Fsp3) is 0.417. The largest absolute Gasteiger partial charge is 0.481 e. The molecule has 1 N–H and O–H groups in total. The summed E-state index contributed by atoms with van der Waals surface area (Å²) >= 11 is 0. The Hall–Kier alpha value is -1.31. The first-order valence-corrected chi connectivity index (χ1v) is 5.04. The number of benzene rings is 1. The van der Waals surface area contributed by atoms with E-state index < -0.39 is 5.97 Å². The first-order valence-electron chi connectivity index (χ1n) is 5.04. The Morgan fingerprint density at radius 2 is 1.93 bits per heavy atom. The summed E-state index contributed by atoms with van der Waals surface area (Å²) in [6, 6.07) is 7.88. The van der Waals surface area contributed by atoms with Crippen molar-refractivity contribution in [3.8, 4) is 0 Å². The minimum atomic E-state index is -0.742. The summed E-state index contributed by atoms with van der Waals surface area (Å²) in [7, 11) is 0. The van der Waals surface area contributed by atoms with Gasteiger partial charge in [0.05, 0.1) is 6.42 Å². The molecule has 0 bridgehead atoms. The average molecular weight is 190 g/mol. The van der Waals surface area contributed by atoms with Crippen LogP contribution in [0.3, 0.4) is 0 Å². The fourth-order valence-electron chi connectivity index (χ4n) is 1.72. The van der Waals surface area contributed by atoms with Crippen molar-refractivity contribution in [1.82, 2.24) is 0 Å². The second-order valence-electron chi connectivity index (χ2n) is 3.99. The number of rotatable bonds is 4. The van der Waals surface area contributed by atoms with Gasteiger partial charge in [-0.2, -0.15) is 0 Å². The van der Waals surface area contributed by atoms with Crippen molar-refractivity contribution < 1.29 is 9.90 Å². The molecular weight excluding hydrogens is 176 g/mol. The van der Waals surface area contributed by atoms with Gasteiger partial charge in [0.2, 0.25) is 0 Å². The van der Waals surface area contributed by atoms with Gasteiger partial charge in [-0.1, -0.05) is 24.3 Å². The van der Waals surface area contributed by atoms with Gasteiger partial charge >= 0.3 is 5.97 Å². The Bertz CT molecular complexity index is 340. The zero-order chi connectivity index (χ0) is 9.97. The zero-order valence-electron chi connectivity index (χ0n) is 8.07. The van der Waals surface area contributed by atoms with E-state index >= 15 is 0 Å². The highest BCUT2D eigenvalue weighted by Crippen LogP contribution is 2.33. The third kappa shape index (κ3) is 2.34. The highest BCUT2D eigenvalue weighted by Gasteiger charge is 2.22. The van der Waals surface area contributed by atoms with Crippen LogP contribution >= 0.6 is 0 Å². The van der Waals surface area contributed by atoms with Crippen LogP contribution in [0.4, 0.5) is 0 Å². The van der Waals surface area contributed by atoms with E-state index in [4.69, 9.17) is 5.11 Å². The Labute approximate surface area is 83.6 Å². The van der Waals surface area contributed by atoms with Gasteiger partial charge in [0.1, 0.15) is 0 Å². The van der Waals surface area contributed by atoms with E-state index in [1.165, 1.54) is 18.4 Å². The third-order valence-electron chi connectivity index (χ3n) is 2.67. The minimum absolute atomic E-state index is 0.156. The van der Waals surface area contributed by atoms with Crippen molar-refractivity contribution >= 4 is 5.97 Å². The highest BCUT2D eigenvalue weighted by atomic mass is 16.4. The predicted molar refractivity (Wildman–Crippen MR) is 54.2 cm³/mol. The molecule has 1 fully saturated rings. The van der Waals surface area contributed by atoms with Crippen LogP contribution in [0.25, 0.3) is 0 Å². The SMILES string of the molecule is O=C(O)Cc1ccccc1CC1CC1. The molecule has 14 heavy (non-hydrogen) atoms. The van der Waals surface area contributed by atoms with Gasteiger partial charge in [0, 0.05) is 0 Å². The van der Waals surface area contributed by atoms with Crippen LogP contribution < -0.4 is 0 Å². The highest BCUT2D eigenvalue weighted by molar-refractivity contribution is 5.70. The molecule has 0 atom stereocenters. The molecule has 0 aromatic heterocycles. The molecule has 0 saturated heterocycles. The maximum absolute atomic E-state index is 10.6. The number of carboxylic acids is 1. The van der Waals surface area contributed by atoms with E-state index in [-0.39, 0.29) is 6.42 Å². The van der Waals surface area contributed by atoms with Gasteiger partial charge in [-0.15, -0.1) is 0 Å². The lowest BCUT2D eigenvalue weighted by atomic mass is 10.00. The first kappa shape index (κ1) is 9.25. The Morgan fingerprint density at radius 1 is 1.29 bits per heavy atom. The summed E-state index contributed by atoms with van der Waals surface area (Å²) < 4.78 is 0. The van der Waals surface area contributed by atoms with Gasteiger partial charge in [0.15, 0.2) is 0 Å². The van der Waals surface area contributed by atoms with E-state index in [2.05, 4.69) is 6.07 Å². The molecule has 1 aromatic carbocycles. The number of carbonyl (C=O) groups is 1. The van der Waals surface area contributed by atoms with Crippen LogP contribution in [-0.4, -0.2) is 11.1 Å². The zero-order valence-corrected chi connectivity index (χ0v) is 8.07. The van der Waals surface area contributed by atoms with E-state index in [0.29, 0.717) is 0 Å². The molecule has 2 rings (SSSR count). The molecule has 2 heteroatoms. The lowest BCUT2D eigenvalue weighted by molar-refractivity contribution is -0.136. The smallest absolute Gasteiger partial charge is 0.307 e. The third-order valence-corrected chi connectivity index (χ3v) is 2.67. The molecule has 2 nitrogen and oxygen atoms in total. The second kappa shape index (κ2) is 3.82. The summed E-state index contributed by atoms with van der Waals surface area (Å²) in [6.45, 7) is 0. The van der Waals surface area contributed by atoms with Crippen LogP contribution in [0, 0.1) is 5.92 Å². The lowest BCUT2D eigenvalue weighted by Crippen LogP contribution is -2.03. The molecule has 0 radical (unpaired) electrons. The summed E-state index contributed by atoms with van der Waals surface area (Å²) in [6.07, 6.45) is 3.83. The second-order valence-corrected chi connectivity index (χ2v) is 3.99. The quantitative estimate of drug-likeness (QED) is 0.790. The summed E-state index contributed by atoms with van der Waals surface area (Å²) in [4.78, 5) is 10.6. The molecule has 0 amide bonds. The normalized spacial score (nSPS) is 15.4. The van der Waals surface area contributed by atoms with E-state index in [1.807, 2.05) is 18.2 Å². The monoisotopic (exact) mass is 190 g/mol. The molecular formula is C12H14O2. The molecule has 1 aliphatic rings. The van der Waals surface area contributed by atoms with E-state index in [1.54, 1.807) is 0 Å². The van der Waals surface area contributed by atoms with Crippen LogP contribution in [0.15, 0.2) is 24.3 Å². The molecule has 1 aliphatic carbocycles. The summed E-state index contributed by atoms with van der Waals surface area (Å²) in [5, 5.41) is 8.74. The molecule has 1 saturated carbocycles. The molecule has 0 aliphatic heterocycles. The fourth-order valence-corrected chi connectivity index (χ4v) is 1.72. The molecule has 0 heterocycles. The first-order chi connectivity index (χ1) is 6.75. The van der Waals surface area contributed by atoms with Crippen molar-refractivity contribution in [3.05, 3.63) is 35.4 Å².